The molecule has 0 bridgehead atoms. The van der Waals surface area contributed by atoms with Gasteiger partial charge in [0.25, 0.3) is 0 Å². The van der Waals surface area contributed by atoms with Gasteiger partial charge < -0.3 is 10.6 Å². The van der Waals surface area contributed by atoms with E-state index < -0.39 is 48.6 Å². The summed E-state index contributed by atoms with van der Waals surface area (Å²) in [7, 11) is 0. The Bertz CT molecular complexity index is 454. The van der Waals surface area contributed by atoms with Crippen molar-refractivity contribution in [3.63, 3.8) is 0 Å². The Hall–Kier alpha value is -0.990. The standard InChI is InChI=1S/C15H22F6N2O/c16-14(17,18)13(15(19,20)21)6-7-23(10-13)11(24)8-12(9-22)4-2-1-3-5-12/h1-10,22H2. The third-order valence-electron chi connectivity index (χ3n) is 5.58. The number of hydrogen-bond donors (Lipinski definition) is 1. The minimum Gasteiger partial charge on any atom is -0.341 e. The molecule has 1 amide bonds. The number of nitrogens with two attached hydrogens (primary N) is 1. The van der Waals surface area contributed by atoms with E-state index in [0.29, 0.717) is 17.7 Å². The second-order valence-corrected chi connectivity index (χ2v) is 7.08. The van der Waals surface area contributed by atoms with Gasteiger partial charge in [-0.15, -0.1) is 0 Å². The largest absolute Gasteiger partial charge is 0.404 e. The quantitative estimate of drug-likeness (QED) is 0.782. The van der Waals surface area contributed by atoms with E-state index in [-0.39, 0.29) is 13.0 Å². The van der Waals surface area contributed by atoms with Crippen LogP contribution >= 0.6 is 0 Å². The number of hydrogen-bond acceptors (Lipinski definition) is 2. The lowest BCUT2D eigenvalue weighted by molar-refractivity contribution is -0.334. The van der Waals surface area contributed by atoms with E-state index in [4.69, 9.17) is 5.73 Å². The predicted molar refractivity (Wildman–Crippen MR) is 74.9 cm³/mol. The van der Waals surface area contributed by atoms with Gasteiger partial charge >= 0.3 is 12.4 Å². The normalized spacial score (nSPS) is 24.2. The molecule has 2 aliphatic rings. The molecular formula is C15H22F6N2O. The molecule has 24 heavy (non-hydrogen) atoms. The van der Waals surface area contributed by atoms with Gasteiger partial charge in [0, 0.05) is 19.5 Å². The Morgan fingerprint density at radius 1 is 0.958 bits per heavy atom. The number of carbonyl (C=O) groups is 1. The van der Waals surface area contributed by atoms with Crippen LogP contribution in [0.5, 0.6) is 0 Å². The number of carbonyl (C=O) groups excluding carboxylic acids is 1. The van der Waals surface area contributed by atoms with Crippen molar-refractivity contribution in [2.75, 3.05) is 19.6 Å². The minimum atomic E-state index is -5.43. The number of amides is 1. The number of likely N-dealkylation sites (tertiary alicyclic amines) is 1. The van der Waals surface area contributed by atoms with Crippen LogP contribution in [0.15, 0.2) is 0 Å². The van der Waals surface area contributed by atoms with Crippen LogP contribution in [0.25, 0.3) is 0 Å². The number of nitrogens with zero attached hydrogens (tertiary/aromatic N) is 1. The zero-order chi connectivity index (χ0) is 18.2. The lowest BCUT2D eigenvalue weighted by Crippen LogP contribution is -2.52. The van der Waals surface area contributed by atoms with Gasteiger partial charge in [-0.3, -0.25) is 4.79 Å². The zero-order valence-electron chi connectivity index (χ0n) is 13.3. The molecule has 0 atom stereocenters. The highest BCUT2D eigenvalue weighted by Gasteiger charge is 2.72. The van der Waals surface area contributed by atoms with Crippen LogP contribution in [0, 0.1) is 10.8 Å². The number of halogens is 6. The first-order valence-electron chi connectivity index (χ1n) is 8.08. The van der Waals surface area contributed by atoms with Gasteiger partial charge in [-0.1, -0.05) is 19.3 Å². The summed E-state index contributed by atoms with van der Waals surface area (Å²) >= 11 is 0. The van der Waals surface area contributed by atoms with E-state index in [1.165, 1.54) is 0 Å². The van der Waals surface area contributed by atoms with E-state index in [9.17, 15) is 31.1 Å². The van der Waals surface area contributed by atoms with Crippen LogP contribution in [-0.4, -0.2) is 42.8 Å². The minimum absolute atomic E-state index is 0.0741. The molecule has 0 radical (unpaired) electrons. The first kappa shape index (κ1) is 19.3. The molecule has 3 nitrogen and oxygen atoms in total. The molecule has 1 aliphatic carbocycles. The lowest BCUT2D eigenvalue weighted by atomic mass is 9.71. The highest BCUT2D eigenvalue weighted by Crippen LogP contribution is 2.55. The molecule has 0 unspecified atom stereocenters. The van der Waals surface area contributed by atoms with Crippen molar-refractivity contribution in [2.45, 2.75) is 57.3 Å². The Morgan fingerprint density at radius 2 is 1.50 bits per heavy atom. The first-order valence-corrected chi connectivity index (χ1v) is 8.08. The highest BCUT2D eigenvalue weighted by atomic mass is 19.4. The van der Waals surface area contributed by atoms with Crippen LogP contribution in [0.2, 0.25) is 0 Å². The van der Waals surface area contributed by atoms with E-state index in [2.05, 4.69) is 0 Å². The van der Waals surface area contributed by atoms with Gasteiger partial charge in [0.1, 0.15) is 0 Å². The van der Waals surface area contributed by atoms with Crippen molar-refractivity contribution in [3.8, 4) is 0 Å². The lowest BCUT2D eigenvalue weighted by Gasteiger charge is -2.37. The smallest absolute Gasteiger partial charge is 0.341 e. The molecule has 0 spiro atoms. The molecule has 1 saturated carbocycles. The summed E-state index contributed by atoms with van der Waals surface area (Å²) in [6.45, 7) is -1.66. The average Bonchev–Trinajstić information content (AvgIpc) is 2.94. The van der Waals surface area contributed by atoms with Gasteiger partial charge in [-0.05, 0) is 31.2 Å². The SMILES string of the molecule is NCC1(CC(=O)N2CCC(C(F)(F)F)(C(F)(F)F)C2)CCCCC1. The summed E-state index contributed by atoms with van der Waals surface area (Å²) < 4.78 is 78.4. The molecular weight excluding hydrogens is 338 g/mol. The maximum atomic E-state index is 13.1. The fraction of sp³-hybridized carbons (Fsp3) is 0.933. The summed E-state index contributed by atoms with van der Waals surface area (Å²) in [6.07, 6.45) is -7.95. The van der Waals surface area contributed by atoms with Crippen LogP contribution in [0.4, 0.5) is 26.3 Å². The number of rotatable bonds is 3. The second-order valence-electron chi connectivity index (χ2n) is 7.08. The van der Waals surface area contributed by atoms with Crippen LogP contribution < -0.4 is 5.73 Å². The fourth-order valence-corrected chi connectivity index (χ4v) is 3.83. The van der Waals surface area contributed by atoms with Crippen LogP contribution in [-0.2, 0) is 4.79 Å². The van der Waals surface area contributed by atoms with Crippen LogP contribution in [0.3, 0.4) is 0 Å². The Morgan fingerprint density at radius 3 is 1.92 bits per heavy atom. The van der Waals surface area contributed by atoms with Gasteiger partial charge in [0.05, 0.1) is 0 Å². The molecule has 2 rings (SSSR count). The van der Waals surface area contributed by atoms with Crippen molar-refractivity contribution in [3.05, 3.63) is 0 Å². The van der Waals surface area contributed by atoms with Crippen molar-refractivity contribution in [2.24, 2.45) is 16.6 Å². The molecule has 1 saturated heterocycles. The molecule has 9 heteroatoms. The Balaban J connectivity index is 2.12. The third kappa shape index (κ3) is 3.36. The summed E-state index contributed by atoms with van der Waals surface area (Å²) in [5.41, 5.74) is 1.44. The Kier molecular flexibility index (Phi) is 5.14. The topological polar surface area (TPSA) is 46.3 Å². The van der Waals surface area contributed by atoms with Gasteiger partial charge in [-0.25, -0.2) is 0 Å². The van der Waals surface area contributed by atoms with Crippen molar-refractivity contribution in [1.82, 2.24) is 4.90 Å². The molecule has 0 aromatic rings. The molecule has 1 heterocycles. The van der Waals surface area contributed by atoms with E-state index >= 15 is 0 Å². The monoisotopic (exact) mass is 360 g/mol. The first-order chi connectivity index (χ1) is 11.0. The molecule has 0 aromatic carbocycles. The summed E-state index contributed by atoms with van der Waals surface area (Å²) in [5, 5.41) is 0. The van der Waals surface area contributed by atoms with E-state index in [1.807, 2.05) is 0 Å². The predicted octanol–water partition coefficient (Wildman–Crippen LogP) is 3.63. The molecule has 0 aromatic heterocycles. The van der Waals surface area contributed by atoms with E-state index in [0.717, 1.165) is 19.3 Å². The van der Waals surface area contributed by atoms with Crippen molar-refractivity contribution >= 4 is 5.91 Å². The fourth-order valence-electron chi connectivity index (χ4n) is 3.83. The van der Waals surface area contributed by atoms with E-state index in [1.54, 1.807) is 0 Å². The molecule has 1 aliphatic heterocycles. The maximum Gasteiger partial charge on any atom is 0.404 e. The second kappa shape index (κ2) is 6.38. The average molecular weight is 360 g/mol. The third-order valence-corrected chi connectivity index (χ3v) is 5.58. The summed E-state index contributed by atoms with van der Waals surface area (Å²) in [4.78, 5) is 13.1. The Labute approximate surface area is 136 Å². The summed E-state index contributed by atoms with van der Waals surface area (Å²) in [5.74, 6) is -0.655. The van der Waals surface area contributed by atoms with Gasteiger partial charge in [0.2, 0.25) is 5.91 Å². The van der Waals surface area contributed by atoms with Gasteiger partial charge in [-0.2, -0.15) is 26.3 Å². The van der Waals surface area contributed by atoms with Crippen molar-refractivity contribution in [1.29, 1.82) is 0 Å². The van der Waals surface area contributed by atoms with Gasteiger partial charge in [0.15, 0.2) is 5.41 Å². The number of alkyl halides is 6. The highest BCUT2D eigenvalue weighted by molar-refractivity contribution is 5.77. The summed E-state index contributed by atoms with van der Waals surface area (Å²) in [6, 6.07) is 0. The maximum absolute atomic E-state index is 13.1. The van der Waals surface area contributed by atoms with Crippen LogP contribution in [0.1, 0.15) is 44.9 Å². The molecule has 2 fully saturated rings. The molecule has 140 valence electrons. The molecule has 2 N–H and O–H groups in total. The zero-order valence-corrected chi connectivity index (χ0v) is 13.3. The van der Waals surface area contributed by atoms with Crippen molar-refractivity contribution < 1.29 is 31.1 Å².